The van der Waals surface area contributed by atoms with Crippen molar-refractivity contribution in [2.75, 3.05) is 40.3 Å². The Hall–Kier alpha value is -0.120. The Morgan fingerprint density at radius 1 is 1.10 bits per heavy atom. The van der Waals surface area contributed by atoms with E-state index in [1.54, 1.807) is 0 Å². The molecule has 1 saturated heterocycles. The summed E-state index contributed by atoms with van der Waals surface area (Å²) in [6.45, 7) is 9.82. The summed E-state index contributed by atoms with van der Waals surface area (Å²) < 4.78 is 0. The number of nitrogens with one attached hydrogen (secondary N) is 1. The average Bonchev–Trinajstić information content (AvgIpc) is 2.46. The van der Waals surface area contributed by atoms with Crippen LogP contribution in [0.1, 0.15) is 52.4 Å². The van der Waals surface area contributed by atoms with Crippen molar-refractivity contribution in [1.29, 1.82) is 0 Å². The highest BCUT2D eigenvalue weighted by Crippen LogP contribution is 2.30. The number of rotatable bonds is 6. The molecular formula is C18H37N3. The Morgan fingerprint density at radius 2 is 1.81 bits per heavy atom. The first-order chi connectivity index (χ1) is 10.1. The monoisotopic (exact) mass is 295 g/mol. The summed E-state index contributed by atoms with van der Waals surface area (Å²) in [5, 5.41) is 3.83. The zero-order valence-corrected chi connectivity index (χ0v) is 14.8. The van der Waals surface area contributed by atoms with E-state index < -0.39 is 0 Å². The molecule has 3 unspecified atom stereocenters. The first-order valence-electron chi connectivity index (χ1n) is 9.22. The van der Waals surface area contributed by atoms with Crippen LogP contribution in [0.4, 0.5) is 0 Å². The lowest BCUT2D eigenvalue weighted by Crippen LogP contribution is -2.55. The van der Waals surface area contributed by atoms with Gasteiger partial charge in [-0.15, -0.1) is 0 Å². The number of piperidine rings is 1. The molecule has 2 aliphatic rings. The third-order valence-electron chi connectivity index (χ3n) is 5.48. The summed E-state index contributed by atoms with van der Waals surface area (Å²) in [5.41, 5.74) is 0. The number of likely N-dealkylation sites (tertiary alicyclic amines) is 1. The van der Waals surface area contributed by atoms with Gasteiger partial charge in [-0.05, 0) is 84.1 Å². The Kier molecular flexibility index (Phi) is 6.97. The quantitative estimate of drug-likeness (QED) is 0.813. The second kappa shape index (κ2) is 8.50. The van der Waals surface area contributed by atoms with E-state index >= 15 is 0 Å². The third kappa shape index (κ3) is 5.22. The van der Waals surface area contributed by atoms with Crippen LogP contribution in [0.2, 0.25) is 0 Å². The second-order valence-electron chi connectivity index (χ2n) is 7.79. The molecule has 2 fully saturated rings. The molecule has 3 atom stereocenters. The molecule has 3 heteroatoms. The molecule has 1 heterocycles. The van der Waals surface area contributed by atoms with Gasteiger partial charge in [-0.25, -0.2) is 0 Å². The molecule has 0 aromatic heterocycles. The van der Waals surface area contributed by atoms with Gasteiger partial charge in [-0.1, -0.05) is 13.8 Å². The molecular weight excluding hydrogens is 258 g/mol. The lowest BCUT2D eigenvalue weighted by atomic mass is 9.81. The van der Waals surface area contributed by atoms with Gasteiger partial charge in [-0.2, -0.15) is 0 Å². The topological polar surface area (TPSA) is 18.5 Å². The Bertz CT molecular complexity index is 282. The summed E-state index contributed by atoms with van der Waals surface area (Å²) in [5.74, 6) is 1.83. The average molecular weight is 296 g/mol. The van der Waals surface area contributed by atoms with Crippen LogP contribution < -0.4 is 5.32 Å². The third-order valence-corrected chi connectivity index (χ3v) is 5.48. The summed E-state index contributed by atoms with van der Waals surface area (Å²) in [7, 11) is 4.42. The predicted octanol–water partition coefficient (Wildman–Crippen LogP) is 2.82. The largest absolute Gasteiger partial charge is 0.312 e. The molecule has 1 aliphatic heterocycles. The van der Waals surface area contributed by atoms with E-state index in [1.807, 2.05) is 0 Å². The van der Waals surface area contributed by atoms with Crippen LogP contribution in [-0.2, 0) is 0 Å². The minimum Gasteiger partial charge on any atom is -0.312 e. The molecule has 1 N–H and O–H groups in total. The second-order valence-corrected chi connectivity index (χ2v) is 7.79. The minimum absolute atomic E-state index is 0.742. The molecule has 0 spiro atoms. The predicted molar refractivity (Wildman–Crippen MR) is 91.7 cm³/mol. The molecule has 0 bridgehead atoms. The molecule has 124 valence electrons. The molecule has 3 nitrogen and oxygen atoms in total. The van der Waals surface area contributed by atoms with Crippen molar-refractivity contribution in [2.24, 2.45) is 11.8 Å². The molecule has 0 aromatic rings. The maximum absolute atomic E-state index is 3.83. The van der Waals surface area contributed by atoms with Crippen molar-refractivity contribution >= 4 is 0 Å². The van der Waals surface area contributed by atoms with Gasteiger partial charge in [0.15, 0.2) is 0 Å². The first kappa shape index (κ1) is 17.2. The van der Waals surface area contributed by atoms with E-state index in [4.69, 9.17) is 0 Å². The SMILES string of the molecule is CCCNC1CCC(C)CC1N1CCC(CN(C)C)CC1. The lowest BCUT2D eigenvalue weighted by Gasteiger charge is -2.45. The number of hydrogen-bond donors (Lipinski definition) is 1. The van der Waals surface area contributed by atoms with E-state index in [0.717, 1.165) is 23.9 Å². The fourth-order valence-electron chi connectivity index (χ4n) is 4.31. The maximum atomic E-state index is 3.83. The van der Waals surface area contributed by atoms with Crippen molar-refractivity contribution in [2.45, 2.75) is 64.5 Å². The van der Waals surface area contributed by atoms with Crippen molar-refractivity contribution in [3.63, 3.8) is 0 Å². The van der Waals surface area contributed by atoms with Crippen LogP contribution in [0.5, 0.6) is 0 Å². The van der Waals surface area contributed by atoms with E-state index in [-0.39, 0.29) is 0 Å². The summed E-state index contributed by atoms with van der Waals surface area (Å²) in [6, 6.07) is 1.53. The lowest BCUT2D eigenvalue weighted by molar-refractivity contribution is 0.0632. The fraction of sp³-hybridized carbons (Fsp3) is 1.00. The highest BCUT2D eigenvalue weighted by Gasteiger charge is 2.34. The van der Waals surface area contributed by atoms with Crippen LogP contribution in [0, 0.1) is 11.8 Å². The normalized spacial score (nSPS) is 32.7. The number of hydrogen-bond acceptors (Lipinski definition) is 3. The maximum Gasteiger partial charge on any atom is 0.0251 e. The smallest absolute Gasteiger partial charge is 0.0251 e. The molecule has 1 aliphatic carbocycles. The van der Waals surface area contributed by atoms with Crippen LogP contribution in [0.15, 0.2) is 0 Å². The Morgan fingerprint density at radius 3 is 2.43 bits per heavy atom. The van der Waals surface area contributed by atoms with Gasteiger partial charge in [0, 0.05) is 18.6 Å². The van der Waals surface area contributed by atoms with Crippen molar-refractivity contribution in [3.8, 4) is 0 Å². The standard InChI is InChI=1S/C18H37N3/c1-5-10-19-17-7-6-15(2)13-18(17)21-11-8-16(9-12-21)14-20(3)4/h15-19H,5-14H2,1-4H3. The summed E-state index contributed by atoms with van der Waals surface area (Å²) >= 11 is 0. The van der Waals surface area contributed by atoms with Gasteiger partial charge in [0.2, 0.25) is 0 Å². The minimum atomic E-state index is 0.742. The van der Waals surface area contributed by atoms with Gasteiger partial charge in [0.25, 0.3) is 0 Å². The highest BCUT2D eigenvalue weighted by molar-refractivity contribution is 4.92. The highest BCUT2D eigenvalue weighted by atomic mass is 15.2. The van der Waals surface area contributed by atoms with Crippen molar-refractivity contribution in [1.82, 2.24) is 15.1 Å². The van der Waals surface area contributed by atoms with Crippen molar-refractivity contribution < 1.29 is 0 Å². The van der Waals surface area contributed by atoms with Gasteiger partial charge in [0.1, 0.15) is 0 Å². The van der Waals surface area contributed by atoms with E-state index in [0.29, 0.717) is 0 Å². The van der Waals surface area contributed by atoms with Crippen molar-refractivity contribution in [3.05, 3.63) is 0 Å². The molecule has 1 saturated carbocycles. The van der Waals surface area contributed by atoms with Gasteiger partial charge in [0.05, 0.1) is 0 Å². The zero-order chi connectivity index (χ0) is 15.2. The van der Waals surface area contributed by atoms with Crippen LogP contribution >= 0.6 is 0 Å². The summed E-state index contributed by atoms with van der Waals surface area (Å²) in [6.07, 6.45) is 8.23. The van der Waals surface area contributed by atoms with E-state index in [2.05, 4.69) is 43.1 Å². The number of nitrogens with zero attached hydrogens (tertiary/aromatic N) is 2. The molecule has 2 rings (SSSR count). The summed E-state index contributed by atoms with van der Waals surface area (Å²) in [4.78, 5) is 5.17. The fourth-order valence-corrected chi connectivity index (χ4v) is 4.31. The zero-order valence-electron chi connectivity index (χ0n) is 14.8. The molecule has 0 aromatic carbocycles. The van der Waals surface area contributed by atoms with E-state index in [1.165, 1.54) is 64.7 Å². The van der Waals surface area contributed by atoms with Gasteiger partial charge >= 0.3 is 0 Å². The Balaban J connectivity index is 1.86. The van der Waals surface area contributed by atoms with Gasteiger partial charge in [-0.3, -0.25) is 4.90 Å². The molecule has 0 radical (unpaired) electrons. The Labute approximate surface area is 132 Å². The molecule has 21 heavy (non-hydrogen) atoms. The molecule has 0 amide bonds. The van der Waals surface area contributed by atoms with Crippen LogP contribution in [0.3, 0.4) is 0 Å². The van der Waals surface area contributed by atoms with Crippen LogP contribution in [0.25, 0.3) is 0 Å². The van der Waals surface area contributed by atoms with Crippen LogP contribution in [-0.4, -0.2) is 62.2 Å². The van der Waals surface area contributed by atoms with E-state index in [9.17, 15) is 0 Å². The van der Waals surface area contributed by atoms with Gasteiger partial charge < -0.3 is 10.2 Å². The first-order valence-corrected chi connectivity index (χ1v) is 9.22.